The molecular formula is C17H28BrN. The minimum atomic E-state index is 0.176. The monoisotopic (exact) mass is 325 g/mol. The lowest BCUT2D eigenvalue weighted by atomic mass is 9.74. The third-order valence-electron chi connectivity index (χ3n) is 3.94. The van der Waals surface area contributed by atoms with Crippen LogP contribution in [0.15, 0.2) is 28.7 Å². The van der Waals surface area contributed by atoms with Gasteiger partial charge >= 0.3 is 0 Å². The minimum absolute atomic E-state index is 0.176. The summed E-state index contributed by atoms with van der Waals surface area (Å²) >= 11 is 3.50. The molecule has 1 unspecified atom stereocenters. The van der Waals surface area contributed by atoms with E-state index in [2.05, 4.69) is 87.1 Å². The molecule has 0 aromatic heterocycles. The van der Waals surface area contributed by atoms with E-state index in [1.165, 1.54) is 5.56 Å². The maximum atomic E-state index is 3.67. The van der Waals surface area contributed by atoms with Gasteiger partial charge in [0.1, 0.15) is 0 Å². The van der Waals surface area contributed by atoms with Crippen LogP contribution in [0.2, 0.25) is 0 Å². The maximum Gasteiger partial charge on any atom is 0.0175 e. The average molecular weight is 326 g/mol. The Morgan fingerprint density at radius 3 is 2.00 bits per heavy atom. The van der Waals surface area contributed by atoms with Crippen molar-refractivity contribution in [3.8, 4) is 0 Å². The van der Waals surface area contributed by atoms with Crippen molar-refractivity contribution < 1.29 is 0 Å². The standard InChI is InChI=1S/C17H28BrN/c1-13(2)17(6,12-19-16(3,4)5)11-14-7-9-15(18)10-8-14/h7-10,13,19H,11-12H2,1-6H3. The topological polar surface area (TPSA) is 12.0 Å². The lowest BCUT2D eigenvalue weighted by molar-refractivity contribution is 0.188. The van der Waals surface area contributed by atoms with Crippen molar-refractivity contribution in [3.05, 3.63) is 34.3 Å². The predicted molar refractivity (Wildman–Crippen MR) is 88.5 cm³/mol. The lowest BCUT2D eigenvalue weighted by Crippen LogP contribution is -2.45. The van der Waals surface area contributed by atoms with Crippen LogP contribution in [0.25, 0.3) is 0 Å². The quantitative estimate of drug-likeness (QED) is 0.799. The highest BCUT2D eigenvalue weighted by molar-refractivity contribution is 9.10. The van der Waals surface area contributed by atoms with Crippen LogP contribution < -0.4 is 5.32 Å². The van der Waals surface area contributed by atoms with E-state index in [4.69, 9.17) is 0 Å². The molecule has 0 heterocycles. The van der Waals surface area contributed by atoms with Crippen LogP contribution >= 0.6 is 15.9 Å². The van der Waals surface area contributed by atoms with Crippen molar-refractivity contribution in [2.45, 2.75) is 53.5 Å². The highest BCUT2D eigenvalue weighted by Crippen LogP contribution is 2.31. The van der Waals surface area contributed by atoms with E-state index in [1.54, 1.807) is 0 Å². The van der Waals surface area contributed by atoms with Gasteiger partial charge in [0, 0.05) is 16.6 Å². The normalized spacial score (nSPS) is 15.6. The maximum absolute atomic E-state index is 3.67. The number of hydrogen-bond acceptors (Lipinski definition) is 1. The Hall–Kier alpha value is -0.340. The van der Waals surface area contributed by atoms with Crippen LogP contribution in [0.5, 0.6) is 0 Å². The van der Waals surface area contributed by atoms with E-state index in [0.29, 0.717) is 5.92 Å². The highest BCUT2D eigenvalue weighted by Gasteiger charge is 2.29. The highest BCUT2D eigenvalue weighted by atomic mass is 79.9. The first-order valence-corrected chi connectivity index (χ1v) is 7.91. The van der Waals surface area contributed by atoms with Crippen molar-refractivity contribution in [3.63, 3.8) is 0 Å². The Bertz CT molecular complexity index is 389. The molecule has 0 aliphatic rings. The van der Waals surface area contributed by atoms with Crippen LogP contribution in [-0.2, 0) is 6.42 Å². The van der Waals surface area contributed by atoms with E-state index >= 15 is 0 Å². The molecule has 1 aromatic rings. The van der Waals surface area contributed by atoms with Crippen LogP contribution in [-0.4, -0.2) is 12.1 Å². The predicted octanol–water partition coefficient (Wildman–Crippen LogP) is 5.04. The van der Waals surface area contributed by atoms with E-state index in [-0.39, 0.29) is 11.0 Å². The number of rotatable bonds is 5. The average Bonchev–Trinajstić information content (AvgIpc) is 2.29. The van der Waals surface area contributed by atoms with Gasteiger partial charge in [-0.2, -0.15) is 0 Å². The van der Waals surface area contributed by atoms with Gasteiger partial charge in [-0.05, 0) is 56.2 Å². The summed E-state index contributed by atoms with van der Waals surface area (Å²) in [6, 6.07) is 8.71. The summed E-state index contributed by atoms with van der Waals surface area (Å²) in [5, 5.41) is 3.67. The SMILES string of the molecule is CC(C)C(C)(CNC(C)(C)C)Cc1ccc(Br)cc1. The zero-order valence-electron chi connectivity index (χ0n) is 13.2. The fraction of sp³-hybridized carbons (Fsp3) is 0.647. The van der Waals surface area contributed by atoms with E-state index in [0.717, 1.165) is 17.4 Å². The Morgan fingerprint density at radius 2 is 1.58 bits per heavy atom. The molecule has 1 nitrogen and oxygen atoms in total. The second-order valence-electron chi connectivity index (χ2n) is 7.22. The molecule has 0 amide bonds. The molecule has 1 rings (SSSR count). The Morgan fingerprint density at radius 1 is 1.05 bits per heavy atom. The molecule has 1 atom stereocenters. The fourth-order valence-electron chi connectivity index (χ4n) is 2.01. The summed E-state index contributed by atoms with van der Waals surface area (Å²) < 4.78 is 1.15. The molecule has 2 heteroatoms. The first-order valence-electron chi connectivity index (χ1n) is 7.12. The summed E-state index contributed by atoms with van der Waals surface area (Å²) in [6.45, 7) is 14.8. The zero-order valence-corrected chi connectivity index (χ0v) is 14.8. The first-order chi connectivity index (χ1) is 8.62. The number of halogens is 1. The molecule has 0 saturated heterocycles. The van der Waals surface area contributed by atoms with Gasteiger partial charge in [-0.1, -0.05) is 48.8 Å². The molecule has 19 heavy (non-hydrogen) atoms. The largest absolute Gasteiger partial charge is 0.312 e. The smallest absolute Gasteiger partial charge is 0.0175 e. The molecule has 0 fully saturated rings. The van der Waals surface area contributed by atoms with Gasteiger partial charge in [0.15, 0.2) is 0 Å². The third-order valence-corrected chi connectivity index (χ3v) is 4.47. The minimum Gasteiger partial charge on any atom is -0.312 e. The summed E-state index contributed by atoms with van der Waals surface area (Å²) in [5.41, 5.74) is 1.87. The van der Waals surface area contributed by atoms with Crippen LogP contribution in [0.3, 0.4) is 0 Å². The zero-order chi connectivity index (χ0) is 14.7. The molecule has 0 aliphatic heterocycles. The van der Waals surface area contributed by atoms with Gasteiger partial charge in [-0.3, -0.25) is 0 Å². The summed E-state index contributed by atoms with van der Waals surface area (Å²) in [7, 11) is 0. The van der Waals surface area contributed by atoms with Crippen molar-refractivity contribution in [2.75, 3.05) is 6.54 Å². The molecule has 108 valence electrons. The van der Waals surface area contributed by atoms with E-state index in [9.17, 15) is 0 Å². The molecule has 0 saturated carbocycles. The van der Waals surface area contributed by atoms with E-state index < -0.39 is 0 Å². The molecular weight excluding hydrogens is 298 g/mol. The van der Waals surface area contributed by atoms with Crippen LogP contribution in [0, 0.1) is 11.3 Å². The molecule has 1 N–H and O–H groups in total. The second-order valence-corrected chi connectivity index (χ2v) is 8.13. The number of nitrogens with one attached hydrogen (secondary N) is 1. The fourth-order valence-corrected chi connectivity index (χ4v) is 2.27. The van der Waals surface area contributed by atoms with Gasteiger partial charge in [0.2, 0.25) is 0 Å². The summed E-state index contributed by atoms with van der Waals surface area (Å²) in [4.78, 5) is 0. The molecule has 0 radical (unpaired) electrons. The molecule has 0 spiro atoms. The molecule has 1 aromatic carbocycles. The van der Waals surface area contributed by atoms with Gasteiger partial charge in [0.25, 0.3) is 0 Å². The van der Waals surface area contributed by atoms with Crippen molar-refractivity contribution in [1.29, 1.82) is 0 Å². The van der Waals surface area contributed by atoms with Gasteiger partial charge in [-0.15, -0.1) is 0 Å². The van der Waals surface area contributed by atoms with Crippen LogP contribution in [0.4, 0.5) is 0 Å². The van der Waals surface area contributed by atoms with E-state index in [1.807, 2.05) is 0 Å². The third kappa shape index (κ3) is 5.66. The molecule has 0 aliphatic carbocycles. The second kappa shape index (κ2) is 6.41. The van der Waals surface area contributed by atoms with Gasteiger partial charge < -0.3 is 5.32 Å². The Balaban J connectivity index is 2.79. The van der Waals surface area contributed by atoms with Crippen LogP contribution in [0.1, 0.15) is 47.1 Å². The van der Waals surface area contributed by atoms with Crippen molar-refractivity contribution in [1.82, 2.24) is 5.32 Å². The summed E-state index contributed by atoms with van der Waals surface area (Å²) in [5.74, 6) is 0.644. The number of hydrogen-bond donors (Lipinski definition) is 1. The first kappa shape index (κ1) is 16.7. The molecule has 0 bridgehead atoms. The lowest BCUT2D eigenvalue weighted by Gasteiger charge is -2.37. The van der Waals surface area contributed by atoms with Gasteiger partial charge in [0.05, 0.1) is 0 Å². The van der Waals surface area contributed by atoms with Gasteiger partial charge in [-0.25, -0.2) is 0 Å². The Labute approximate surface area is 127 Å². The van der Waals surface area contributed by atoms with Crippen molar-refractivity contribution in [2.24, 2.45) is 11.3 Å². The number of benzene rings is 1. The summed E-state index contributed by atoms with van der Waals surface area (Å²) in [6.07, 6.45) is 1.11. The Kier molecular flexibility index (Phi) is 5.64. The van der Waals surface area contributed by atoms with Crippen molar-refractivity contribution >= 4 is 15.9 Å².